The zero-order chi connectivity index (χ0) is 14.1. The minimum atomic E-state index is -0.742. The van der Waals surface area contributed by atoms with E-state index in [0.717, 1.165) is 5.56 Å². The molecular weight excluding hydrogens is 238 g/mol. The number of primary amides is 1. The minimum Gasteiger partial charge on any atom is -0.445 e. The quantitative estimate of drug-likeness (QED) is 0.866. The summed E-state index contributed by atoms with van der Waals surface area (Å²) in [4.78, 5) is 10.2. The van der Waals surface area contributed by atoms with Gasteiger partial charge in [-0.25, -0.2) is 4.79 Å². The molecule has 0 bridgehead atoms. The molecule has 0 aromatic heterocycles. The van der Waals surface area contributed by atoms with Crippen LogP contribution in [0.15, 0.2) is 30.3 Å². The summed E-state index contributed by atoms with van der Waals surface area (Å²) in [6.07, 6.45) is 6.57. The molecule has 3 nitrogen and oxygen atoms in total. The predicted molar refractivity (Wildman–Crippen MR) is 77.7 cm³/mol. The first-order valence-electron chi connectivity index (χ1n) is 6.96. The number of rotatable bonds is 2. The number of nitrogens with two attached hydrogens (primary N) is 1. The molecular formula is C16H25NO2. The van der Waals surface area contributed by atoms with Gasteiger partial charge >= 0.3 is 6.09 Å². The number of amides is 1. The van der Waals surface area contributed by atoms with Gasteiger partial charge in [0, 0.05) is 0 Å². The molecule has 2 rings (SSSR count). The highest BCUT2D eigenvalue weighted by atomic mass is 16.5. The average molecular weight is 263 g/mol. The first-order chi connectivity index (χ1) is 8.99. The lowest BCUT2D eigenvalue weighted by Gasteiger charge is -2.28. The molecule has 2 N–H and O–H groups in total. The Hall–Kier alpha value is -1.51. The maximum absolute atomic E-state index is 10.2. The lowest BCUT2D eigenvalue weighted by molar-refractivity contribution is 0.150. The Kier molecular flexibility index (Phi) is 6.40. The van der Waals surface area contributed by atoms with Gasteiger partial charge in [-0.15, -0.1) is 0 Å². The standard InChI is InChI=1S/C8H9NO2.C8H16/c9-8(10)11-6-7-4-2-1-3-5-7;1-8(2)6-4-3-5-7-8/h1-5H,6H2,(H2,9,10);3-7H2,1-2H3. The zero-order valence-corrected chi connectivity index (χ0v) is 12.0. The molecule has 106 valence electrons. The normalized spacial score (nSPS) is 16.9. The summed E-state index contributed by atoms with van der Waals surface area (Å²) in [6.45, 7) is 5.01. The molecule has 0 saturated heterocycles. The third-order valence-corrected chi connectivity index (χ3v) is 3.43. The number of hydrogen-bond acceptors (Lipinski definition) is 2. The van der Waals surface area contributed by atoms with Crippen LogP contribution in [0.5, 0.6) is 0 Å². The Morgan fingerprint density at radius 1 is 1.16 bits per heavy atom. The summed E-state index contributed by atoms with van der Waals surface area (Å²) in [7, 11) is 0. The fraction of sp³-hybridized carbons (Fsp3) is 0.562. The van der Waals surface area contributed by atoms with Gasteiger partial charge in [0.15, 0.2) is 0 Å². The first-order valence-corrected chi connectivity index (χ1v) is 6.96. The molecule has 1 aliphatic rings. The van der Waals surface area contributed by atoms with Gasteiger partial charge in [0.05, 0.1) is 0 Å². The van der Waals surface area contributed by atoms with Gasteiger partial charge in [-0.2, -0.15) is 0 Å². The molecule has 0 atom stereocenters. The van der Waals surface area contributed by atoms with Crippen molar-refractivity contribution in [3.8, 4) is 0 Å². The fourth-order valence-corrected chi connectivity index (χ4v) is 2.24. The molecule has 0 radical (unpaired) electrons. The molecule has 1 amide bonds. The van der Waals surface area contributed by atoms with Crippen molar-refractivity contribution < 1.29 is 9.53 Å². The van der Waals surface area contributed by atoms with Crippen molar-refractivity contribution in [1.29, 1.82) is 0 Å². The summed E-state index contributed by atoms with van der Waals surface area (Å²) in [5, 5.41) is 0. The van der Waals surface area contributed by atoms with Gasteiger partial charge in [-0.3, -0.25) is 0 Å². The van der Waals surface area contributed by atoms with Crippen LogP contribution in [-0.4, -0.2) is 6.09 Å². The second kappa shape index (κ2) is 7.82. The van der Waals surface area contributed by atoms with Crippen LogP contribution < -0.4 is 5.73 Å². The van der Waals surface area contributed by atoms with E-state index in [1.165, 1.54) is 32.1 Å². The lowest BCUT2D eigenvalue weighted by Crippen LogP contribution is -2.14. The van der Waals surface area contributed by atoms with Crippen LogP contribution in [-0.2, 0) is 11.3 Å². The number of hydrogen-bond donors (Lipinski definition) is 1. The van der Waals surface area contributed by atoms with E-state index in [-0.39, 0.29) is 6.61 Å². The van der Waals surface area contributed by atoms with Crippen molar-refractivity contribution in [1.82, 2.24) is 0 Å². The van der Waals surface area contributed by atoms with E-state index < -0.39 is 6.09 Å². The summed E-state index contributed by atoms with van der Waals surface area (Å²) in [5.41, 5.74) is 6.39. The molecule has 1 fully saturated rings. The summed E-state index contributed by atoms with van der Waals surface area (Å²) in [5.74, 6) is 0. The largest absolute Gasteiger partial charge is 0.445 e. The molecule has 3 heteroatoms. The molecule has 1 aromatic carbocycles. The molecule has 1 saturated carbocycles. The molecule has 19 heavy (non-hydrogen) atoms. The Morgan fingerprint density at radius 2 is 1.74 bits per heavy atom. The molecule has 0 aliphatic heterocycles. The van der Waals surface area contributed by atoms with E-state index in [1.54, 1.807) is 0 Å². The smallest absolute Gasteiger partial charge is 0.404 e. The number of carbonyl (C=O) groups excluding carboxylic acids is 1. The van der Waals surface area contributed by atoms with Crippen LogP contribution in [0.1, 0.15) is 51.5 Å². The average Bonchev–Trinajstić information content (AvgIpc) is 2.38. The molecule has 0 spiro atoms. The van der Waals surface area contributed by atoms with Gasteiger partial charge in [0.2, 0.25) is 0 Å². The van der Waals surface area contributed by atoms with Gasteiger partial charge < -0.3 is 10.5 Å². The second-order valence-corrected chi connectivity index (χ2v) is 5.82. The molecule has 1 aliphatic carbocycles. The number of benzene rings is 1. The Labute approximate surface area is 116 Å². The van der Waals surface area contributed by atoms with Crippen LogP contribution in [0.25, 0.3) is 0 Å². The monoisotopic (exact) mass is 263 g/mol. The highest BCUT2D eigenvalue weighted by Gasteiger charge is 2.19. The maximum Gasteiger partial charge on any atom is 0.404 e. The first kappa shape index (κ1) is 15.5. The molecule has 1 aromatic rings. The van der Waals surface area contributed by atoms with E-state index in [0.29, 0.717) is 5.41 Å². The van der Waals surface area contributed by atoms with Crippen molar-refractivity contribution in [2.45, 2.75) is 52.6 Å². The lowest BCUT2D eigenvalue weighted by atomic mass is 9.78. The van der Waals surface area contributed by atoms with Crippen LogP contribution in [0, 0.1) is 5.41 Å². The Balaban J connectivity index is 0.000000200. The number of ether oxygens (including phenoxy) is 1. The van der Waals surface area contributed by atoms with E-state index in [4.69, 9.17) is 5.73 Å². The second-order valence-electron chi connectivity index (χ2n) is 5.82. The van der Waals surface area contributed by atoms with Crippen molar-refractivity contribution in [3.05, 3.63) is 35.9 Å². The summed E-state index contributed by atoms with van der Waals surface area (Å²) < 4.78 is 4.57. The van der Waals surface area contributed by atoms with Gasteiger partial charge in [-0.1, -0.05) is 63.4 Å². The van der Waals surface area contributed by atoms with Gasteiger partial charge in [-0.05, 0) is 23.8 Å². The maximum atomic E-state index is 10.2. The van der Waals surface area contributed by atoms with Gasteiger partial charge in [0.25, 0.3) is 0 Å². The molecule has 0 unspecified atom stereocenters. The van der Waals surface area contributed by atoms with Crippen LogP contribution in [0.3, 0.4) is 0 Å². The van der Waals surface area contributed by atoms with Crippen molar-refractivity contribution in [3.63, 3.8) is 0 Å². The van der Waals surface area contributed by atoms with E-state index in [9.17, 15) is 4.79 Å². The van der Waals surface area contributed by atoms with Crippen molar-refractivity contribution in [2.75, 3.05) is 0 Å². The van der Waals surface area contributed by atoms with Crippen LogP contribution >= 0.6 is 0 Å². The third kappa shape index (κ3) is 7.50. The van der Waals surface area contributed by atoms with E-state index >= 15 is 0 Å². The summed E-state index contributed by atoms with van der Waals surface area (Å²) in [6, 6.07) is 9.37. The van der Waals surface area contributed by atoms with Crippen molar-refractivity contribution >= 4 is 6.09 Å². The van der Waals surface area contributed by atoms with Crippen LogP contribution in [0.4, 0.5) is 4.79 Å². The SMILES string of the molecule is CC1(C)CCCCC1.NC(=O)OCc1ccccc1. The topological polar surface area (TPSA) is 52.3 Å². The number of carbonyl (C=O) groups is 1. The van der Waals surface area contributed by atoms with Gasteiger partial charge in [0.1, 0.15) is 6.61 Å². The van der Waals surface area contributed by atoms with Crippen LogP contribution in [0.2, 0.25) is 0 Å². The third-order valence-electron chi connectivity index (χ3n) is 3.43. The molecule has 0 heterocycles. The zero-order valence-electron chi connectivity index (χ0n) is 12.0. The van der Waals surface area contributed by atoms with E-state index in [2.05, 4.69) is 18.6 Å². The van der Waals surface area contributed by atoms with Crippen molar-refractivity contribution in [2.24, 2.45) is 11.1 Å². The summed E-state index contributed by atoms with van der Waals surface area (Å²) >= 11 is 0. The van der Waals surface area contributed by atoms with E-state index in [1.807, 2.05) is 30.3 Å². The highest BCUT2D eigenvalue weighted by Crippen LogP contribution is 2.34. The Bertz CT molecular complexity index is 366. The predicted octanol–water partition coefficient (Wildman–Crippen LogP) is 4.26. The minimum absolute atomic E-state index is 0.246. The highest BCUT2D eigenvalue weighted by molar-refractivity contribution is 5.64. The Morgan fingerprint density at radius 3 is 2.16 bits per heavy atom. The fourth-order valence-electron chi connectivity index (χ4n) is 2.24.